The molecule has 3 atom stereocenters. The normalized spacial score (nSPS) is 28.9. The summed E-state index contributed by atoms with van der Waals surface area (Å²) < 4.78 is 17.6. The molecule has 1 fully saturated rings. The van der Waals surface area contributed by atoms with Crippen LogP contribution < -0.4 is 0 Å². The minimum atomic E-state index is -0.999. The van der Waals surface area contributed by atoms with Crippen LogP contribution in [0.25, 0.3) is 0 Å². The van der Waals surface area contributed by atoms with E-state index < -0.39 is 23.2 Å². The number of benzene rings is 1. The predicted molar refractivity (Wildman–Crippen MR) is 56.5 cm³/mol. The number of aliphatic hydroxyl groups is 1. The van der Waals surface area contributed by atoms with Crippen molar-refractivity contribution in [1.29, 1.82) is 0 Å². The summed E-state index contributed by atoms with van der Waals surface area (Å²) in [4.78, 5) is 10.5. The lowest BCUT2D eigenvalue weighted by Gasteiger charge is -2.29. The van der Waals surface area contributed by atoms with Crippen LogP contribution in [0.4, 0.5) is 4.39 Å². The van der Waals surface area contributed by atoms with Gasteiger partial charge in [-0.2, -0.15) is 0 Å². The molecule has 1 heterocycles. The molecule has 0 amide bonds. The number of hydrogen-bond acceptors (Lipinski definition) is 4. The predicted octanol–water partition coefficient (Wildman–Crippen LogP) is 1.29. The van der Waals surface area contributed by atoms with Crippen LogP contribution in [-0.4, -0.2) is 29.0 Å². The van der Waals surface area contributed by atoms with Crippen molar-refractivity contribution in [3.63, 3.8) is 0 Å². The van der Waals surface area contributed by atoms with Crippen molar-refractivity contribution >= 4 is 0 Å². The summed E-state index contributed by atoms with van der Waals surface area (Å²) in [7, 11) is 0. The van der Waals surface area contributed by atoms with Crippen LogP contribution in [0.15, 0.2) is 24.3 Å². The first-order valence-corrected chi connectivity index (χ1v) is 5.26. The number of nitro groups is 1. The van der Waals surface area contributed by atoms with E-state index in [9.17, 15) is 19.6 Å². The van der Waals surface area contributed by atoms with Gasteiger partial charge in [-0.25, -0.2) is 4.39 Å². The minimum absolute atomic E-state index is 0.129. The number of nitrogens with zero attached hydrogens (tertiary/aromatic N) is 1. The molecule has 0 saturated carbocycles. The maximum atomic E-state index is 12.8. The Morgan fingerprint density at radius 1 is 1.41 bits per heavy atom. The highest BCUT2D eigenvalue weighted by Gasteiger charge is 2.39. The summed E-state index contributed by atoms with van der Waals surface area (Å²) in [5, 5.41) is 20.3. The molecule has 1 aromatic carbocycles. The van der Waals surface area contributed by atoms with Gasteiger partial charge in [0.15, 0.2) is 6.29 Å². The first kappa shape index (κ1) is 11.9. The quantitative estimate of drug-likeness (QED) is 0.625. The summed E-state index contributed by atoms with van der Waals surface area (Å²) in [6.45, 7) is -0.129. The second-order valence-electron chi connectivity index (χ2n) is 4.03. The Morgan fingerprint density at radius 2 is 2.06 bits per heavy atom. The van der Waals surface area contributed by atoms with Gasteiger partial charge in [0.05, 0.1) is 5.92 Å². The van der Waals surface area contributed by atoms with Gasteiger partial charge in [0.25, 0.3) is 0 Å². The van der Waals surface area contributed by atoms with E-state index in [1.165, 1.54) is 24.3 Å². The highest BCUT2D eigenvalue weighted by molar-refractivity contribution is 5.22. The van der Waals surface area contributed by atoms with E-state index in [2.05, 4.69) is 0 Å². The fraction of sp³-hybridized carbons (Fsp3) is 0.455. The van der Waals surface area contributed by atoms with Crippen LogP contribution in [0.2, 0.25) is 0 Å². The molecule has 5 nitrogen and oxygen atoms in total. The summed E-state index contributed by atoms with van der Waals surface area (Å²) in [6.07, 6.45) is -0.849. The molecular formula is C11H12FNO4. The Morgan fingerprint density at radius 3 is 2.65 bits per heavy atom. The molecule has 0 aromatic heterocycles. The van der Waals surface area contributed by atoms with Gasteiger partial charge in [0.1, 0.15) is 12.4 Å². The van der Waals surface area contributed by atoms with Crippen molar-refractivity contribution in [3.8, 4) is 0 Å². The van der Waals surface area contributed by atoms with E-state index in [1.54, 1.807) is 0 Å². The number of hydrogen-bond donors (Lipinski definition) is 1. The van der Waals surface area contributed by atoms with Crippen LogP contribution in [0, 0.1) is 15.9 Å². The standard InChI is InChI=1S/C11H12FNO4/c12-8-3-1-7(2-4-8)9-5-11(14)17-6-10(9)13(15)16/h1-4,9-11,14H,5-6H2/t9-,10+,11-/m0/s1. The molecule has 92 valence electrons. The third-order valence-corrected chi connectivity index (χ3v) is 2.95. The number of rotatable bonds is 2. The Bertz CT molecular complexity index is 408. The van der Waals surface area contributed by atoms with Crippen LogP contribution >= 0.6 is 0 Å². The smallest absolute Gasteiger partial charge is 0.243 e. The molecule has 0 radical (unpaired) electrons. The number of ether oxygens (including phenoxy) is 1. The van der Waals surface area contributed by atoms with Crippen LogP contribution in [0.5, 0.6) is 0 Å². The first-order chi connectivity index (χ1) is 8.08. The van der Waals surface area contributed by atoms with Crippen molar-refractivity contribution in [3.05, 3.63) is 45.8 Å². The highest BCUT2D eigenvalue weighted by atomic mass is 19.1. The number of halogens is 1. The van der Waals surface area contributed by atoms with Gasteiger partial charge in [-0.15, -0.1) is 0 Å². The number of aliphatic hydroxyl groups excluding tert-OH is 1. The molecule has 6 heteroatoms. The molecule has 0 unspecified atom stereocenters. The van der Waals surface area contributed by atoms with Gasteiger partial charge in [-0.3, -0.25) is 10.1 Å². The minimum Gasteiger partial charge on any atom is -0.368 e. The average molecular weight is 241 g/mol. The van der Waals surface area contributed by atoms with Gasteiger partial charge in [-0.05, 0) is 17.7 Å². The molecule has 1 N–H and O–H groups in total. The van der Waals surface area contributed by atoms with E-state index in [0.717, 1.165) is 0 Å². The monoisotopic (exact) mass is 241 g/mol. The zero-order valence-corrected chi connectivity index (χ0v) is 8.95. The average Bonchev–Trinajstić information content (AvgIpc) is 2.29. The van der Waals surface area contributed by atoms with E-state index in [4.69, 9.17) is 4.74 Å². The third-order valence-electron chi connectivity index (χ3n) is 2.95. The van der Waals surface area contributed by atoms with E-state index in [0.29, 0.717) is 5.56 Å². The summed E-state index contributed by atoms with van der Waals surface area (Å²) in [5.41, 5.74) is 0.649. The van der Waals surface area contributed by atoms with Crippen LogP contribution in [0.3, 0.4) is 0 Å². The van der Waals surface area contributed by atoms with Crippen molar-refractivity contribution in [1.82, 2.24) is 0 Å². The van der Waals surface area contributed by atoms with Crippen molar-refractivity contribution in [2.45, 2.75) is 24.7 Å². The van der Waals surface area contributed by atoms with Gasteiger partial charge >= 0.3 is 0 Å². The highest BCUT2D eigenvalue weighted by Crippen LogP contribution is 2.31. The summed E-state index contributed by atoms with van der Waals surface area (Å²) in [5.74, 6) is -0.839. The van der Waals surface area contributed by atoms with Crippen molar-refractivity contribution in [2.24, 2.45) is 0 Å². The molecule has 1 aliphatic rings. The fourth-order valence-corrected chi connectivity index (χ4v) is 2.04. The lowest BCUT2D eigenvalue weighted by atomic mass is 9.87. The molecule has 17 heavy (non-hydrogen) atoms. The molecule has 1 aliphatic heterocycles. The lowest BCUT2D eigenvalue weighted by molar-refractivity contribution is -0.538. The lowest BCUT2D eigenvalue weighted by Crippen LogP contribution is -2.40. The van der Waals surface area contributed by atoms with Crippen molar-refractivity contribution < 1.29 is 19.2 Å². The maximum Gasteiger partial charge on any atom is 0.243 e. The molecule has 0 spiro atoms. The Kier molecular flexibility index (Phi) is 3.35. The molecule has 1 aromatic rings. The molecule has 2 rings (SSSR count). The largest absolute Gasteiger partial charge is 0.368 e. The second-order valence-corrected chi connectivity index (χ2v) is 4.03. The molecule has 1 saturated heterocycles. The van der Waals surface area contributed by atoms with E-state index in [-0.39, 0.29) is 18.8 Å². The Labute approximate surface area is 97.0 Å². The molecule has 0 bridgehead atoms. The maximum absolute atomic E-state index is 12.8. The summed E-state index contributed by atoms with van der Waals surface area (Å²) in [6, 6.07) is 4.63. The third kappa shape index (κ3) is 2.59. The SMILES string of the molecule is O=[N+]([O-])[C@@H]1CO[C@H](O)C[C@H]1c1ccc(F)cc1. The molecule has 0 aliphatic carbocycles. The van der Waals surface area contributed by atoms with Crippen molar-refractivity contribution in [2.75, 3.05) is 6.61 Å². The Hall–Kier alpha value is -1.53. The summed E-state index contributed by atoms with van der Waals surface area (Å²) >= 11 is 0. The van der Waals surface area contributed by atoms with Gasteiger partial charge < -0.3 is 9.84 Å². The molecular weight excluding hydrogens is 229 g/mol. The zero-order valence-electron chi connectivity index (χ0n) is 8.95. The Balaban J connectivity index is 2.25. The van der Waals surface area contributed by atoms with Gasteiger partial charge in [0.2, 0.25) is 6.04 Å². The van der Waals surface area contributed by atoms with Crippen LogP contribution in [-0.2, 0) is 4.74 Å². The van der Waals surface area contributed by atoms with E-state index >= 15 is 0 Å². The van der Waals surface area contributed by atoms with Gasteiger partial charge in [0, 0.05) is 11.3 Å². The second kappa shape index (κ2) is 4.77. The van der Waals surface area contributed by atoms with Gasteiger partial charge in [-0.1, -0.05) is 12.1 Å². The van der Waals surface area contributed by atoms with E-state index in [1.807, 2.05) is 0 Å². The van der Waals surface area contributed by atoms with Crippen LogP contribution in [0.1, 0.15) is 17.9 Å². The topological polar surface area (TPSA) is 72.6 Å². The first-order valence-electron chi connectivity index (χ1n) is 5.26. The zero-order chi connectivity index (χ0) is 12.4. The fourth-order valence-electron chi connectivity index (χ4n) is 2.04.